The molecule has 0 N–H and O–H groups in total. The zero-order valence-corrected chi connectivity index (χ0v) is 10.5. The van der Waals surface area contributed by atoms with E-state index in [9.17, 15) is 4.79 Å². The van der Waals surface area contributed by atoms with Gasteiger partial charge in [0.25, 0.3) is 5.91 Å². The normalized spacial score (nSPS) is 21.0. The molecule has 1 aromatic rings. The van der Waals surface area contributed by atoms with Crippen LogP contribution >= 0.6 is 15.9 Å². The van der Waals surface area contributed by atoms with Crippen molar-refractivity contribution in [2.24, 2.45) is 7.05 Å². The van der Waals surface area contributed by atoms with Gasteiger partial charge in [-0.15, -0.1) is 0 Å². The van der Waals surface area contributed by atoms with Gasteiger partial charge in [-0.3, -0.25) is 9.48 Å². The number of rotatable bonds is 1. The minimum absolute atomic E-state index is 0.0834. The van der Waals surface area contributed by atoms with Crippen molar-refractivity contribution in [1.29, 1.82) is 0 Å². The Hall–Kier alpha value is -0.840. The first-order valence-corrected chi connectivity index (χ1v) is 5.93. The molecule has 1 aliphatic rings. The second-order valence-corrected chi connectivity index (χ2v) is 5.23. The average molecular weight is 272 g/mol. The third-order valence-electron chi connectivity index (χ3n) is 2.64. The fraction of sp³-hybridized carbons (Fsp3) is 0.600. The molecule has 0 aromatic carbocycles. The van der Waals surface area contributed by atoms with Crippen molar-refractivity contribution in [3.63, 3.8) is 0 Å². The Kier molecular flexibility index (Phi) is 2.82. The van der Waals surface area contributed by atoms with Crippen molar-refractivity contribution >= 4 is 21.8 Å². The SMILES string of the molecule is Cc1cc(C(=O)N2CCC(Br)C2)n(C)n1. The number of aryl methyl sites for hydroxylation is 2. The number of carbonyl (C=O) groups excluding carboxylic acids is 1. The fourth-order valence-electron chi connectivity index (χ4n) is 1.87. The number of hydrogen-bond acceptors (Lipinski definition) is 2. The summed E-state index contributed by atoms with van der Waals surface area (Å²) in [7, 11) is 1.81. The highest BCUT2D eigenvalue weighted by Gasteiger charge is 2.26. The molecule has 0 aliphatic carbocycles. The van der Waals surface area contributed by atoms with Gasteiger partial charge < -0.3 is 4.90 Å². The van der Waals surface area contributed by atoms with Crippen molar-refractivity contribution in [1.82, 2.24) is 14.7 Å². The number of likely N-dealkylation sites (tertiary alicyclic amines) is 1. The zero-order chi connectivity index (χ0) is 11.0. The monoisotopic (exact) mass is 271 g/mol. The van der Waals surface area contributed by atoms with Gasteiger partial charge in [0.15, 0.2) is 0 Å². The van der Waals surface area contributed by atoms with E-state index in [1.165, 1.54) is 0 Å². The summed E-state index contributed by atoms with van der Waals surface area (Å²) in [6, 6.07) is 1.84. The van der Waals surface area contributed by atoms with Crippen LogP contribution in [-0.4, -0.2) is 38.5 Å². The lowest BCUT2D eigenvalue weighted by Gasteiger charge is -2.15. The number of hydrogen-bond donors (Lipinski definition) is 0. The van der Waals surface area contributed by atoms with E-state index < -0.39 is 0 Å². The molecule has 1 fully saturated rings. The van der Waals surface area contributed by atoms with Crippen LogP contribution in [0, 0.1) is 6.92 Å². The van der Waals surface area contributed by atoms with Gasteiger partial charge in [-0.2, -0.15) is 5.10 Å². The molecule has 0 spiro atoms. The Balaban J connectivity index is 2.17. The highest BCUT2D eigenvalue weighted by atomic mass is 79.9. The van der Waals surface area contributed by atoms with Crippen LogP contribution in [0.1, 0.15) is 22.6 Å². The van der Waals surface area contributed by atoms with E-state index in [1.807, 2.05) is 24.9 Å². The van der Waals surface area contributed by atoms with Gasteiger partial charge >= 0.3 is 0 Å². The van der Waals surface area contributed by atoms with E-state index in [-0.39, 0.29) is 5.91 Å². The molecular formula is C10H14BrN3O. The molecule has 4 nitrogen and oxygen atoms in total. The van der Waals surface area contributed by atoms with Crippen molar-refractivity contribution < 1.29 is 4.79 Å². The number of amides is 1. The number of aromatic nitrogens is 2. The molecular weight excluding hydrogens is 258 g/mol. The molecule has 2 rings (SSSR count). The first-order valence-electron chi connectivity index (χ1n) is 5.02. The van der Waals surface area contributed by atoms with Gasteiger partial charge in [-0.25, -0.2) is 0 Å². The standard InChI is InChI=1S/C10H14BrN3O/c1-7-5-9(13(2)12-7)10(15)14-4-3-8(11)6-14/h5,8H,3-4,6H2,1-2H3. The molecule has 1 amide bonds. The van der Waals surface area contributed by atoms with E-state index in [0.29, 0.717) is 10.5 Å². The van der Waals surface area contributed by atoms with Crippen LogP contribution in [0.15, 0.2) is 6.07 Å². The van der Waals surface area contributed by atoms with Crippen LogP contribution in [0.25, 0.3) is 0 Å². The molecule has 82 valence electrons. The molecule has 0 radical (unpaired) electrons. The summed E-state index contributed by atoms with van der Waals surface area (Å²) in [5, 5.41) is 4.18. The van der Waals surface area contributed by atoms with Crippen LogP contribution < -0.4 is 0 Å². The zero-order valence-electron chi connectivity index (χ0n) is 8.90. The molecule has 1 aliphatic heterocycles. The van der Waals surface area contributed by atoms with Gasteiger partial charge in [0, 0.05) is 25.0 Å². The topological polar surface area (TPSA) is 38.1 Å². The van der Waals surface area contributed by atoms with Crippen molar-refractivity contribution in [2.45, 2.75) is 18.2 Å². The van der Waals surface area contributed by atoms with Crippen LogP contribution in [-0.2, 0) is 7.05 Å². The quantitative estimate of drug-likeness (QED) is 0.723. The van der Waals surface area contributed by atoms with Crippen LogP contribution in [0.4, 0.5) is 0 Å². The summed E-state index contributed by atoms with van der Waals surface area (Å²) in [6.45, 7) is 3.52. The smallest absolute Gasteiger partial charge is 0.272 e. The molecule has 0 saturated carbocycles. The highest BCUT2D eigenvalue weighted by Crippen LogP contribution is 2.18. The molecule has 1 saturated heterocycles. The molecule has 0 bridgehead atoms. The lowest BCUT2D eigenvalue weighted by Crippen LogP contribution is -2.30. The van der Waals surface area contributed by atoms with Crippen molar-refractivity contribution in [3.8, 4) is 0 Å². The molecule has 1 aromatic heterocycles. The van der Waals surface area contributed by atoms with E-state index in [0.717, 1.165) is 25.2 Å². The van der Waals surface area contributed by atoms with Gasteiger partial charge in [0.1, 0.15) is 5.69 Å². The summed E-state index contributed by atoms with van der Waals surface area (Å²) in [5.41, 5.74) is 1.56. The lowest BCUT2D eigenvalue weighted by atomic mass is 10.3. The largest absolute Gasteiger partial charge is 0.336 e. The highest BCUT2D eigenvalue weighted by molar-refractivity contribution is 9.09. The third kappa shape index (κ3) is 2.07. The maximum Gasteiger partial charge on any atom is 0.272 e. The summed E-state index contributed by atoms with van der Waals surface area (Å²) >= 11 is 3.53. The maximum absolute atomic E-state index is 12.1. The summed E-state index contributed by atoms with van der Waals surface area (Å²) < 4.78 is 1.65. The average Bonchev–Trinajstić information content (AvgIpc) is 2.71. The Morgan fingerprint density at radius 3 is 2.87 bits per heavy atom. The van der Waals surface area contributed by atoms with Crippen LogP contribution in [0.2, 0.25) is 0 Å². The molecule has 1 unspecified atom stereocenters. The number of carbonyl (C=O) groups is 1. The second-order valence-electron chi connectivity index (χ2n) is 3.93. The number of nitrogens with zero attached hydrogens (tertiary/aromatic N) is 3. The van der Waals surface area contributed by atoms with Crippen molar-refractivity contribution in [2.75, 3.05) is 13.1 Å². The first kappa shape index (κ1) is 10.7. The van der Waals surface area contributed by atoms with Crippen molar-refractivity contribution in [3.05, 3.63) is 17.5 Å². The Bertz CT molecular complexity index is 388. The Morgan fingerprint density at radius 1 is 1.67 bits per heavy atom. The van der Waals surface area contributed by atoms with E-state index in [2.05, 4.69) is 21.0 Å². The minimum atomic E-state index is 0.0834. The minimum Gasteiger partial charge on any atom is -0.336 e. The molecule has 1 atom stereocenters. The predicted molar refractivity (Wildman–Crippen MR) is 61.2 cm³/mol. The predicted octanol–water partition coefficient (Wildman–Crippen LogP) is 1.34. The fourth-order valence-corrected chi connectivity index (χ4v) is 2.43. The van der Waals surface area contributed by atoms with Gasteiger partial charge in [0.2, 0.25) is 0 Å². The molecule has 2 heterocycles. The van der Waals surface area contributed by atoms with E-state index in [1.54, 1.807) is 4.68 Å². The Labute approximate surface area is 97.4 Å². The number of alkyl halides is 1. The van der Waals surface area contributed by atoms with Gasteiger partial charge in [-0.05, 0) is 19.4 Å². The lowest BCUT2D eigenvalue weighted by molar-refractivity contribution is 0.0782. The number of halogens is 1. The maximum atomic E-state index is 12.1. The third-order valence-corrected chi connectivity index (χ3v) is 3.39. The van der Waals surface area contributed by atoms with Gasteiger partial charge in [-0.1, -0.05) is 15.9 Å². The van der Waals surface area contributed by atoms with Gasteiger partial charge in [0.05, 0.1) is 5.69 Å². The summed E-state index contributed by atoms with van der Waals surface area (Å²) in [5.74, 6) is 0.0834. The van der Waals surface area contributed by atoms with Crippen LogP contribution in [0.5, 0.6) is 0 Å². The van der Waals surface area contributed by atoms with E-state index >= 15 is 0 Å². The molecule has 15 heavy (non-hydrogen) atoms. The summed E-state index contributed by atoms with van der Waals surface area (Å²) in [4.78, 5) is 14.4. The van der Waals surface area contributed by atoms with E-state index in [4.69, 9.17) is 0 Å². The summed E-state index contributed by atoms with van der Waals surface area (Å²) in [6.07, 6.45) is 1.03. The first-order chi connectivity index (χ1) is 7.08. The molecule has 5 heteroatoms. The second kappa shape index (κ2) is 3.96. The Morgan fingerprint density at radius 2 is 2.40 bits per heavy atom. The van der Waals surface area contributed by atoms with Crippen LogP contribution in [0.3, 0.4) is 0 Å².